The van der Waals surface area contributed by atoms with E-state index in [1.165, 1.54) is 12.1 Å². The van der Waals surface area contributed by atoms with Crippen LogP contribution in [0.15, 0.2) is 42.9 Å². The van der Waals surface area contributed by atoms with Gasteiger partial charge >= 0.3 is 0 Å². The monoisotopic (exact) mass is 317 g/mol. The first-order chi connectivity index (χ1) is 10.5. The molecule has 1 aromatic carbocycles. The van der Waals surface area contributed by atoms with E-state index in [0.29, 0.717) is 12.1 Å². The topological polar surface area (TPSA) is 58.7 Å². The summed E-state index contributed by atoms with van der Waals surface area (Å²) < 4.78 is 18.2. The number of halogens is 2. The van der Waals surface area contributed by atoms with Gasteiger partial charge in [-0.05, 0) is 18.2 Å². The molecule has 3 aromatic rings. The second-order valence-electron chi connectivity index (χ2n) is 5.23. The van der Waals surface area contributed by atoms with Gasteiger partial charge in [-0.25, -0.2) is 8.96 Å². The molecule has 0 spiro atoms. The first-order valence-electron chi connectivity index (χ1n) is 6.72. The van der Waals surface area contributed by atoms with Gasteiger partial charge in [0.15, 0.2) is 12.4 Å². The van der Waals surface area contributed by atoms with Crippen LogP contribution in [0.25, 0.3) is 10.9 Å². The lowest BCUT2D eigenvalue weighted by Crippen LogP contribution is -2.26. The van der Waals surface area contributed by atoms with Crippen molar-refractivity contribution in [1.82, 2.24) is 4.57 Å². The number of benzene rings is 1. The lowest BCUT2D eigenvalue weighted by Gasteiger charge is -2.10. The Morgan fingerprint density at radius 3 is 2.86 bits per heavy atom. The number of aryl methyl sites for hydroxylation is 1. The molecular formula is C16H15ClFN4+. The average molecular weight is 318 g/mol. The molecule has 6 heteroatoms. The van der Waals surface area contributed by atoms with Crippen LogP contribution in [0.4, 0.5) is 4.39 Å². The van der Waals surface area contributed by atoms with Crippen LogP contribution in [-0.4, -0.2) is 10.4 Å². The standard InChI is InChI=1S/C16H15ClFN4/c1-21-4-2-10-3-5-22(15(10)9-21)8-12-13(17)6-11(16(19)20)7-14(12)18/h2-7,9H,8H2,1H3,(H3,19,20)/q+1. The second kappa shape index (κ2) is 5.42. The van der Waals surface area contributed by atoms with Crippen molar-refractivity contribution in [1.29, 1.82) is 5.41 Å². The molecule has 2 heterocycles. The van der Waals surface area contributed by atoms with Crippen molar-refractivity contribution in [2.24, 2.45) is 12.8 Å². The van der Waals surface area contributed by atoms with E-state index in [2.05, 4.69) is 0 Å². The summed E-state index contributed by atoms with van der Waals surface area (Å²) in [5, 5.41) is 8.72. The highest BCUT2D eigenvalue weighted by Gasteiger charge is 2.13. The number of pyridine rings is 1. The fraction of sp³-hybridized carbons (Fsp3) is 0.125. The largest absolute Gasteiger partial charge is 0.384 e. The number of nitrogen functional groups attached to an aromatic ring is 1. The molecule has 4 nitrogen and oxygen atoms in total. The molecule has 2 aromatic heterocycles. The first-order valence-corrected chi connectivity index (χ1v) is 7.10. The highest BCUT2D eigenvalue weighted by atomic mass is 35.5. The highest BCUT2D eigenvalue weighted by molar-refractivity contribution is 6.31. The summed E-state index contributed by atoms with van der Waals surface area (Å²) in [6, 6.07) is 6.75. The molecule has 3 rings (SSSR count). The van der Waals surface area contributed by atoms with Crippen LogP contribution in [0, 0.1) is 11.2 Å². The molecule has 0 unspecified atom stereocenters. The summed E-state index contributed by atoms with van der Waals surface area (Å²) in [5.74, 6) is -0.661. The van der Waals surface area contributed by atoms with Gasteiger partial charge in [0.2, 0.25) is 0 Å². The van der Waals surface area contributed by atoms with Crippen molar-refractivity contribution in [2.75, 3.05) is 0 Å². The van der Waals surface area contributed by atoms with E-state index in [4.69, 9.17) is 22.7 Å². The number of aromatic nitrogens is 2. The molecule has 0 radical (unpaired) electrons. The van der Waals surface area contributed by atoms with Crippen molar-refractivity contribution in [3.63, 3.8) is 0 Å². The van der Waals surface area contributed by atoms with Crippen molar-refractivity contribution in [3.8, 4) is 0 Å². The van der Waals surface area contributed by atoms with E-state index in [-0.39, 0.29) is 16.4 Å². The van der Waals surface area contributed by atoms with Gasteiger partial charge in [0.1, 0.15) is 24.2 Å². The summed E-state index contributed by atoms with van der Waals surface area (Å²) in [6.45, 7) is 0.316. The summed E-state index contributed by atoms with van der Waals surface area (Å²) in [4.78, 5) is 0. The van der Waals surface area contributed by atoms with Crippen LogP contribution in [-0.2, 0) is 13.6 Å². The van der Waals surface area contributed by atoms with E-state index in [0.717, 1.165) is 10.9 Å². The minimum Gasteiger partial charge on any atom is -0.384 e. The number of fused-ring (bicyclic) bond motifs is 1. The van der Waals surface area contributed by atoms with E-state index >= 15 is 0 Å². The van der Waals surface area contributed by atoms with Gasteiger partial charge in [0.05, 0.1) is 6.54 Å². The molecule has 0 saturated heterocycles. The van der Waals surface area contributed by atoms with E-state index in [1.54, 1.807) is 0 Å². The smallest absolute Gasteiger partial charge is 0.193 e. The summed E-state index contributed by atoms with van der Waals surface area (Å²) in [5.41, 5.74) is 7.05. The molecule has 3 N–H and O–H groups in total. The number of nitrogens with zero attached hydrogens (tertiary/aromatic N) is 2. The summed E-state index contributed by atoms with van der Waals surface area (Å²) >= 11 is 6.17. The van der Waals surface area contributed by atoms with Crippen molar-refractivity contribution in [2.45, 2.75) is 6.54 Å². The summed E-state index contributed by atoms with van der Waals surface area (Å²) in [6.07, 6.45) is 5.84. The molecule has 0 aliphatic heterocycles. The average Bonchev–Trinajstić information content (AvgIpc) is 2.84. The fourth-order valence-corrected chi connectivity index (χ4v) is 2.71. The molecule has 0 atom stereocenters. The van der Waals surface area contributed by atoms with Crippen molar-refractivity contribution >= 4 is 28.3 Å². The Morgan fingerprint density at radius 1 is 1.41 bits per heavy atom. The van der Waals surface area contributed by atoms with Crippen LogP contribution < -0.4 is 10.3 Å². The number of amidine groups is 1. The van der Waals surface area contributed by atoms with Gasteiger partial charge in [-0.15, -0.1) is 0 Å². The third-order valence-corrected chi connectivity index (χ3v) is 3.97. The number of hydrogen-bond donors (Lipinski definition) is 2. The van der Waals surface area contributed by atoms with Crippen LogP contribution >= 0.6 is 11.6 Å². The van der Waals surface area contributed by atoms with Gasteiger partial charge in [-0.3, -0.25) is 5.41 Å². The molecule has 0 aliphatic carbocycles. The van der Waals surface area contributed by atoms with Gasteiger partial charge in [0.25, 0.3) is 0 Å². The van der Waals surface area contributed by atoms with E-state index in [1.807, 2.05) is 46.9 Å². The quantitative estimate of drug-likeness (QED) is 0.435. The fourth-order valence-electron chi connectivity index (χ4n) is 2.44. The third-order valence-electron chi connectivity index (χ3n) is 3.63. The summed E-state index contributed by atoms with van der Waals surface area (Å²) in [7, 11) is 1.94. The predicted octanol–water partition coefficient (Wildman–Crippen LogP) is 2.59. The van der Waals surface area contributed by atoms with E-state index in [9.17, 15) is 4.39 Å². The van der Waals surface area contributed by atoms with Crippen LogP contribution in [0.5, 0.6) is 0 Å². The third kappa shape index (κ3) is 2.55. The maximum absolute atomic E-state index is 14.3. The number of hydrogen-bond acceptors (Lipinski definition) is 1. The van der Waals surface area contributed by atoms with Gasteiger partial charge in [-0.1, -0.05) is 11.6 Å². The zero-order valence-electron chi connectivity index (χ0n) is 12.0. The lowest BCUT2D eigenvalue weighted by atomic mass is 10.1. The second-order valence-corrected chi connectivity index (χ2v) is 5.63. The number of rotatable bonds is 3. The Balaban J connectivity index is 2.05. The molecule has 0 aliphatic rings. The van der Waals surface area contributed by atoms with Crippen LogP contribution in [0.2, 0.25) is 5.02 Å². The van der Waals surface area contributed by atoms with Gasteiger partial charge < -0.3 is 10.3 Å². The Kier molecular flexibility index (Phi) is 3.58. The molecule has 0 bridgehead atoms. The zero-order chi connectivity index (χ0) is 15.9. The first kappa shape index (κ1) is 14.5. The highest BCUT2D eigenvalue weighted by Crippen LogP contribution is 2.24. The normalized spacial score (nSPS) is 11.0. The Hall–Kier alpha value is -2.40. The minimum atomic E-state index is -0.458. The predicted molar refractivity (Wildman–Crippen MR) is 84.6 cm³/mol. The lowest BCUT2D eigenvalue weighted by molar-refractivity contribution is -0.670. The van der Waals surface area contributed by atoms with Crippen LogP contribution in [0.1, 0.15) is 11.1 Å². The van der Waals surface area contributed by atoms with Gasteiger partial charge in [0, 0.05) is 33.8 Å². The maximum atomic E-state index is 14.3. The number of nitrogens with two attached hydrogens (primary N) is 1. The van der Waals surface area contributed by atoms with E-state index < -0.39 is 5.82 Å². The Labute approximate surface area is 132 Å². The molecule has 0 saturated carbocycles. The molecule has 22 heavy (non-hydrogen) atoms. The number of nitrogens with one attached hydrogen (secondary N) is 1. The molecule has 112 valence electrons. The molecular weight excluding hydrogens is 303 g/mol. The van der Waals surface area contributed by atoms with Crippen molar-refractivity contribution in [3.05, 3.63) is 64.8 Å². The van der Waals surface area contributed by atoms with Crippen LogP contribution in [0.3, 0.4) is 0 Å². The Bertz CT molecular complexity index is 862. The zero-order valence-corrected chi connectivity index (χ0v) is 12.7. The molecule has 0 fully saturated rings. The van der Waals surface area contributed by atoms with Crippen molar-refractivity contribution < 1.29 is 8.96 Å². The minimum absolute atomic E-state index is 0.203. The molecule has 0 amide bonds. The maximum Gasteiger partial charge on any atom is 0.193 e. The SMILES string of the molecule is C[n+]1ccc2ccn(Cc3c(F)cc(C(=N)N)cc3Cl)c2c1. The van der Waals surface area contributed by atoms with Gasteiger partial charge in [-0.2, -0.15) is 0 Å². The Morgan fingerprint density at radius 2 is 2.18 bits per heavy atom.